The van der Waals surface area contributed by atoms with Crippen LogP contribution in [-0.4, -0.2) is 66.0 Å². The van der Waals surface area contributed by atoms with Crippen molar-refractivity contribution in [3.63, 3.8) is 0 Å². The normalized spacial score (nSPS) is 24.4. The summed E-state index contributed by atoms with van der Waals surface area (Å²) in [6.45, 7) is -0.581. The minimum atomic E-state index is -5.55. The van der Waals surface area contributed by atoms with E-state index in [0.29, 0.717) is 16.7 Å². The minimum Gasteiger partial charge on any atom is -0.368 e. The lowest BCUT2D eigenvalue weighted by Gasteiger charge is -2.49. The Morgan fingerprint density at radius 1 is 0.400 bits per heavy atom. The molecule has 1 fully saturated rings. The molecule has 1 aliphatic carbocycles. The zero-order valence-corrected chi connectivity index (χ0v) is 26.1. The first-order chi connectivity index (χ1) is 21.2. The molecule has 3 aromatic rings. The number of phosphoric acid groups is 3. The number of hydrogen-bond acceptors (Lipinski definition) is 9. The predicted octanol–water partition coefficient (Wildman–Crippen LogP) is 3.19. The molecule has 1 aliphatic rings. The van der Waals surface area contributed by atoms with Crippen LogP contribution < -0.4 is 0 Å². The average Bonchev–Trinajstić information content (AvgIpc) is 2.96. The Bertz CT molecular complexity index is 1400. The van der Waals surface area contributed by atoms with Gasteiger partial charge in [-0.2, -0.15) is 0 Å². The van der Waals surface area contributed by atoms with Gasteiger partial charge in [-0.1, -0.05) is 91.0 Å². The van der Waals surface area contributed by atoms with E-state index in [-0.39, 0.29) is 19.8 Å². The van der Waals surface area contributed by atoms with Crippen LogP contribution in [0.25, 0.3) is 0 Å². The number of ether oxygens (including phenoxy) is 3. The Morgan fingerprint density at radius 3 is 0.867 bits per heavy atom. The smallest absolute Gasteiger partial charge is 0.368 e. The SMILES string of the molecule is O=P(O)(O)OC1[C@@H](OP(=O)(O)O)[C@H](OCc2ccccc2)C(OCc2ccccc2)[C@H](OCc2ccccc2)[C@@H]1OP(=O)(O)O. The summed E-state index contributed by atoms with van der Waals surface area (Å²) in [6.07, 6.45) is -11.2. The molecule has 0 radical (unpaired) electrons. The number of phosphoric ester groups is 3. The maximum absolute atomic E-state index is 12.2. The van der Waals surface area contributed by atoms with Crippen molar-refractivity contribution in [1.29, 1.82) is 0 Å². The molecule has 45 heavy (non-hydrogen) atoms. The van der Waals surface area contributed by atoms with Gasteiger partial charge in [0.05, 0.1) is 19.8 Å². The topological polar surface area (TPSA) is 228 Å². The summed E-state index contributed by atoms with van der Waals surface area (Å²) in [6, 6.07) is 25.8. The van der Waals surface area contributed by atoms with E-state index in [4.69, 9.17) is 27.8 Å². The van der Waals surface area contributed by atoms with Gasteiger partial charge in [0, 0.05) is 0 Å². The Morgan fingerprint density at radius 2 is 0.622 bits per heavy atom. The van der Waals surface area contributed by atoms with E-state index in [9.17, 15) is 43.1 Å². The number of hydrogen-bond donors (Lipinski definition) is 6. The summed E-state index contributed by atoms with van der Waals surface area (Å²) >= 11 is 0. The van der Waals surface area contributed by atoms with E-state index in [1.54, 1.807) is 91.0 Å². The predicted molar refractivity (Wildman–Crippen MR) is 156 cm³/mol. The highest BCUT2D eigenvalue weighted by atomic mass is 31.2. The van der Waals surface area contributed by atoms with Gasteiger partial charge in [0.15, 0.2) is 0 Å². The summed E-state index contributed by atoms with van der Waals surface area (Å²) in [7, 11) is -16.5. The van der Waals surface area contributed by atoms with Crippen molar-refractivity contribution in [2.75, 3.05) is 0 Å². The molecule has 0 bridgehead atoms. The summed E-state index contributed by atoms with van der Waals surface area (Å²) in [5.74, 6) is 0. The highest BCUT2D eigenvalue weighted by Crippen LogP contribution is 2.51. The molecule has 2 unspecified atom stereocenters. The quantitative estimate of drug-likeness (QED) is 0.126. The second-order valence-electron chi connectivity index (χ2n) is 9.97. The van der Waals surface area contributed by atoms with Crippen molar-refractivity contribution < 1.29 is 70.8 Å². The lowest BCUT2D eigenvalue weighted by molar-refractivity contribution is -0.254. The van der Waals surface area contributed by atoms with Crippen molar-refractivity contribution in [2.24, 2.45) is 0 Å². The molecular formula is C27H33O15P3. The third kappa shape index (κ3) is 11.6. The molecule has 0 spiro atoms. The fourth-order valence-corrected chi connectivity index (χ4v) is 6.50. The largest absolute Gasteiger partial charge is 0.470 e. The van der Waals surface area contributed by atoms with Gasteiger partial charge in [0.25, 0.3) is 0 Å². The summed E-state index contributed by atoms with van der Waals surface area (Å²) in [5.41, 5.74) is 1.82. The maximum atomic E-state index is 12.2. The van der Waals surface area contributed by atoms with Crippen LogP contribution >= 0.6 is 23.5 Å². The van der Waals surface area contributed by atoms with E-state index >= 15 is 0 Å². The average molecular weight is 690 g/mol. The molecule has 0 heterocycles. The molecule has 0 saturated heterocycles. The van der Waals surface area contributed by atoms with E-state index in [2.05, 4.69) is 0 Å². The molecule has 4 rings (SSSR count). The van der Waals surface area contributed by atoms with Crippen LogP contribution in [0.2, 0.25) is 0 Å². The van der Waals surface area contributed by atoms with E-state index in [1.165, 1.54) is 0 Å². The summed E-state index contributed by atoms with van der Waals surface area (Å²) < 4.78 is 69.7. The van der Waals surface area contributed by atoms with E-state index in [0.717, 1.165) is 0 Å². The first-order valence-corrected chi connectivity index (χ1v) is 18.0. The van der Waals surface area contributed by atoms with Gasteiger partial charge in [-0.3, -0.25) is 13.6 Å². The molecule has 15 nitrogen and oxygen atoms in total. The lowest BCUT2D eigenvalue weighted by atomic mass is 9.84. The van der Waals surface area contributed by atoms with Gasteiger partial charge >= 0.3 is 23.5 Å². The van der Waals surface area contributed by atoms with E-state index < -0.39 is 60.1 Å². The third-order valence-electron chi connectivity index (χ3n) is 6.58. The monoisotopic (exact) mass is 690 g/mol. The first kappa shape index (κ1) is 35.7. The fraction of sp³-hybridized carbons (Fsp3) is 0.333. The first-order valence-electron chi connectivity index (χ1n) is 13.4. The molecule has 0 amide bonds. The molecule has 3 aromatic carbocycles. The molecule has 246 valence electrons. The summed E-state index contributed by atoms with van der Waals surface area (Å²) in [5, 5.41) is 0. The molecule has 6 atom stereocenters. The van der Waals surface area contributed by atoms with Crippen LogP contribution in [-0.2, 0) is 61.3 Å². The zero-order valence-electron chi connectivity index (χ0n) is 23.4. The van der Waals surface area contributed by atoms with Crippen molar-refractivity contribution in [2.45, 2.75) is 56.4 Å². The molecular weight excluding hydrogens is 657 g/mol. The van der Waals surface area contributed by atoms with Gasteiger partial charge in [0.1, 0.15) is 36.6 Å². The van der Waals surface area contributed by atoms with Gasteiger partial charge in [-0.25, -0.2) is 13.7 Å². The van der Waals surface area contributed by atoms with Crippen LogP contribution in [0.1, 0.15) is 16.7 Å². The van der Waals surface area contributed by atoms with Crippen LogP contribution in [0.15, 0.2) is 91.0 Å². The Hall–Kier alpha value is -2.13. The maximum Gasteiger partial charge on any atom is 0.470 e. The molecule has 6 N–H and O–H groups in total. The third-order valence-corrected chi connectivity index (χ3v) is 8.13. The van der Waals surface area contributed by atoms with Gasteiger partial charge in [-0.15, -0.1) is 0 Å². The second kappa shape index (κ2) is 15.6. The number of rotatable bonds is 15. The zero-order chi connectivity index (χ0) is 32.7. The van der Waals surface area contributed by atoms with Crippen molar-refractivity contribution in [3.8, 4) is 0 Å². The Labute approximate surface area is 258 Å². The van der Waals surface area contributed by atoms with E-state index in [1.807, 2.05) is 0 Å². The van der Waals surface area contributed by atoms with Crippen molar-refractivity contribution in [1.82, 2.24) is 0 Å². The van der Waals surface area contributed by atoms with Gasteiger partial charge in [0.2, 0.25) is 0 Å². The van der Waals surface area contributed by atoms with Crippen molar-refractivity contribution in [3.05, 3.63) is 108 Å². The Kier molecular flexibility index (Phi) is 12.4. The van der Waals surface area contributed by atoms with Crippen LogP contribution in [0, 0.1) is 0 Å². The molecule has 1 saturated carbocycles. The Balaban J connectivity index is 1.84. The highest BCUT2D eigenvalue weighted by molar-refractivity contribution is 7.47. The van der Waals surface area contributed by atoms with Crippen molar-refractivity contribution >= 4 is 23.5 Å². The van der Waals surface area contributed by atoms with Gasteiger partial charge < -0.3 is 43.6 Å². The van der Waals surface area contributed by atoms with Crippen LogP contribution in [0.4, 0.5) is 0 Å². The lowest BCUT2D eigenvalue weighted by Crippen LogP contribution is -2.67. The van der Waals surface area contributed by atoms with Crippen LogP contribution in [0.5, 0.6) is 0 Å². The second-order valence-corrected chi connectivity index (χ2v) is 13.5. The highest BCUT2D eigenvalue weighted by Gasteiger charge is 2.59. The molecule has 18 heteroatoms. The van der Waals surface area contributed by atoms with Gasteiger partial charge in [-0.05, 0) is 16.7 Å². The number of benzene rings is 3. The molecule has 0 aromatic heterocycles. The summed E-state index contributed by atoms with van der Waals surface area (Å²) in [4.78, 5) is 58.9. The minimum absolute atomic E-state index is 0.156. The molecule has 0 aliphatic heterocycles. The standard InChI is InChI=1S/C27H33O15P3/c28-43(29,30)40-25-23(38-17-20-12-6-2-7-13-20)22(37-16-19-10-4-1-5-11-19)24(39-18-21-14-8-3-9-15-21)26(41-44(31,32)33)27(25)42-45(34,35)36/h1-15,22-27H,16-18H2,(H2,28,29,30)(H2,31,32,33)(H2,34,35,36)/t22?,23-,24+,25-,26-,27?/m0/s1. The van der Waals surface area contributed by atoms with Crippen LogP contribution in [0.3, 0.4) is 0 Å². The fourth-order valence-electron chi connectivity index (χ4n) is 4.83.